The van der Waals surface area contributed by atoms with Gasteiger partial charge < -0.3 is 14.7 Å². The number of likely N-dealkylation sites (tertiary alicyclic amines) is 1. The number of aryl methyl sites for hydroxylation is 1. The Kier molecular flexibility index (Phi) is 5.79. The first-order valence-corrected chi connectivity index (χ1v) is 10.4. The van der Waals surface area contributed by atoms with E-state index in [1.807, 2.05) is 59.2 Å². The molecule has 2 aromatic rings. The van der Waals surface area contributed by atoms with E-state index in [1.165, 1.54) is 0 Å². The molecular formula is C23H28N4O2. The Morgan fingerprint density at radius 1 is 0.897 bits per heavy atom. The second-order valence-corrected chi connectivity index (χ2v) is 7.94. The van der Waals surface area contributed by atoms with Gasteiger partial charge in [-0.1, -0.05) is 23.8 Å². The first-order valence-electron chi connectivity index (χ1n) is 10.4. The molecule has 0 aliphatic carbocycles. The Morgan fingerprint density at radius 2 is 1.66 bits per heavy atom. The maximum atomic E-state index is 13.0. The Bertz CT molecular complexity index is 854. The van der Waals surface area contributed by atoms with Gasteiger partial charge in [0.25, 0.3) is 5.91 Å². The van der Waals surface area contributed by atoms with Crippen molar-refractivity contribution in [2.24, 2.45) is 5.92 Å². The summed E-state index contributed by atoms with van der Waals surface area (Å²) >= 11 is 0. The van der Waals surface area contributed by atoms with Crippen LogP contribution in [0.1, 0.15) is 28.8 Å². The number of anilines is 1. The minimum atomic E-state index is 0.0259. The van der Waals surface area contributed by atoms with Crippen LogP contribution in [0.25, 0.3) is 0 Å². The van der Waals surface area contributed by atoms with Crippen molar-refractivity contribution in [1.82, 2.24) is 14.8 Å². The van der Waals surface area contributed by atoms with Crippen LogP contribution in [0.3, 0.4) is 0 Å². The summed E-state index contributed by atoms with van der Waals surface area (Å²) in [6.07, 6.45) is 3.30. The molecule has 0 unspecified atom stereocenters. The Balaban J connectivity index is 1.28. The first kappa shape index (κ1) is 19.4. The van der Waals surface area contributed by atoms with Crippen molar-refractivity contribution in [3.05, 3.63) is 59.8 Å². The molecule has 152 valence electrons. The van der Waals surface area contributed by atoms with Crippen LogP contribution in [0.15, 0.2) is 48.7 Å². The minimum Gasteiger partial charge on any atom is -0.353 e. The Morgan fingerprint density at radius 3 is 2.31 bits per heavy atom. The van der Waals surface area contributed by atoms with Gasteiger partial charge in [0, 0.05) is 56.9 Å². The molecule has 2 saturated heterocycles. The summed E-state index contributed by atoms with van der Waals surface area (Å²) in [5, 5.41) is 0. The van der Waals surface area contributed by atoms with E-state index >= 15 is 0 Å². The number of nitrogens with zero attached hydrogens (tertiary/aromatic N) is 4. The average Bonchev–Trinajstić information content (AvgIpc) is 2.79. The van der Waals surface area contributed by atoms with E-state index in [0.29, 0.717) is 13.1 Å². The monoisotopic (exact) mass is 392 g/mol. The molecule has 0 N–H and O–H groups in total. The van der Waals surface area contributed by atoms with Gasteiger partial charge in [0.15, 0.2) is 0 Å². The van der Waals surface area contributed by atoms with Crippen LogP contribution in [0.2, 0.25) is 0 Å². The number of hydrogen-bond acceptors (Lipinski definition) is 4. The molecule has 6 nitrogen and oxygen atoms in total. The van der Waals surface area contributed by atoms with Crippen molar-refractivity contribution in [2.75, 3.05) is 44.2 Å². The number of hydrogen-bond donors (Lipinski definition) is 0. The smallest absolute Gasteiger partial charge is 0.253 e. The van der Waals surface area contributed by atoms with Gasteiger partial charge in [-0.05, 0) is 44.0 Å². The normalized spacial score (nSPS) is 18.0. The number of carbonyl (C=O) groups excluding carboxylic acids is 2. The lowest BCUT2D eigenvalue weighted by Crippen LogP contribution is -2.52. The third-order valence-corrected chi connectivity index (χ3v) is 5.96. The second-order valence-electron chi connectivity index (χ2n) is 7.94. The number of aromatic nitrogens is 1. The summed E-state index contributed by atoms with van der Waals surface area (Å²) in [6.45, 7) is 6.39. The molecule has 0 spiro atoms. The molecule has 4 rings (SSSR count). The molecule has 6 heteroatoms. The zero-order chi connectivity index (χ0) is 20.2. The van der Waals surface area contributed by atoms with Crippen molar-refractivity contribution in [3.63, 3.8) is 0 Å². The Labute approximate surface area is 172 Å². The predicted octanol–water partition coefficient (Wildman–Crippen LogP) is 2.59. The SMILES string of the molecule is Cc1cccc(C(=O)N2CCC(C(=O)N3CCN(c4ccccn4)CC3)CC2)c1. The number of rotatable bonds is 3. The van der Waals surface area contributed by atoms with Crippen LogP contribution in [-0.4, -0.2) is 65.9 Å². The molecular weight excluding hydrogens is 364 g/mol. The fraction of sp³-hybridized carbons (Fsp3) is 0.435. The lowest BCUT2D eigenvalue weighted by atomic mass is 9.94. The molecule has 2 aliphatic rings. The number of carbonyl (C=O) groups is 2. The number of pyridine rings is 1. The number of benzene rings is 1. The highest BCUT2D eigenvalue weighted by molar-refractivity contribution is 5.94. The molecule has 2 amide bonds. The second kappa shape index (κ2) is 8.64. The summed E-state index contributed by atoms with van der Waals surface area (Å²) in [7, 11) is 0. The van der Waals surface area contributed by atoms with Crippen LogP contribution in [0.4, 0.5) is 5.82 Å². The third kappa shape index (κ3) is 4.42. The topological polar surface area (TPSA) is 56.8 Å². The van der Waals surface area contributed by atoms with E-state index in [2.05, 4.69) is 9.88 Å². The zero-order valence-electron chi connectivity index (χ0n) is 17.0. The fourth-order valence-corrected chi connectivity index (χ4v) is 4.25. The van der Waals surface area contributed by atoms with Gasteiger partial charge >= 0.3 is 0 Å². The number of piperidine rings is 1. The molecule has 29 heavy (non-hydrogen) atoms. The van der Waals surface area contributed by atoms with Gasteiger partial charge in [-0.25, -0.2) is 4.98 Å². The Hall–Kier alpha value is -2.89. The maximum absolute atomic E-state index is 13.0. The van der Waals surface area contributed by atoms with Gasteiger partial charge in [-0.3, -0.25) is 9.59 Å². The van der Waals surface area contributed by atoms with E-state index in [-0.39, 0.29) is 17.7 Å². The van der Waals surface area contributed by atoms with Gasteiger partial charge in [0.2, 0.25) is 5.91 Å². The highest BCUT2D eigenvalue weighted by Gasteiger charge is 2.32. The van der Waals surface area contributed by atoms with Crippen LogP contribution in [-0.2, 0) is 4.79 Å². The minimum absolute atomic E-state index is 0.0259. The lowest BCUT2D eigenvalue weighted by Gasteiger charge is -2.39. The van der Waals surface area contributed by atoms with E-state index in [9.17, 15) is 9.59 Å². The molecule has 1 aromatic carbocycles. The zero-order valence-corrected chi connectivity index (χ0v) is 17.0. The lowest BCUT2D eigenvalue weighted by molar-refractivity contribution is -0.137. The van der Waals surface area contributed by atoms with E-state index < -0.39 is 0 Å². The van der Waals surface area contributed by atoms with E-state index in [4.69, 9.17) is 0 Å². The average molecular weight is 393 g/mol. The van der Waals surface area contributed by atoms with Crippen molar-refractivity contribution < 1.29 is 9.59 Å². The van der Waals surface area contributed by atoms with Gasteiger partial charge in [-0.2, -0.15) is 0 Å². The van der Waals surface area contributed by atoms with Crippen molar-refractivity contribution >= 4 is 17.6 Å². The first-order chi connectivity index (χ1) is 14.1. The quantitative estimate of drug-likeness (QED) is 0.806. The maximum Gasteiger partial charge on any atom is 0.253 e. The molecule has 0 saturated carbocycles. The third-order valence-electron chi connectivity index (χ3n) is 5.96. The van der Waals surface area contributed by atoms with Gasteiger partial charge in [0.05, 0.1) is 0 Å². The van der Waals surface area contributed by atoms with Crippen molar-refractivity contribution in [3.8, 4) is 0 Å². The summed E-state index contributed by atoms with van der Waals surface area (Å²) < 4.78 is 0. The summed E-state index contributed by atoms with van der Waals surface area (Å²) in [5.41, 5.74) is 1.83. The highest BCUT2D eigenvalue weighted by Crippen LogP contribution is 2.23. The predicted molar refractivity (Wildman–Crippen MR) is 113 cm³/mol. The van der Waals surface area contributed by atoms with Crippen LogP contribution < -0.4 is 4.90 Å². The summed E-state index contributed by atoms with van der Waals surface area (Å²) in [6, 6.07) is 13.6. The van der Waals surface area contributed by atoms with Crippen molar-refractivity contribution in [2.45, 2.75) is 19.8 Å². The van der Waals surface area contributed by atoms with Crippen LogP contribution in [0.5, 0.6) is 0 Å². The fourth-order valence-electron chi connectivity index (χ4n) is 4.25. The molecule has 0 atom stereocenters. The highest BCUT2D eigenvalue weighted by atomic mass is 16.2. The molecule has 0 bridgehead atoms. The molecule has 0 radical (unpaired) electrons. The van der Waals surface area contributed by atoms with Crippen LogP contribution in [0, 0.1) is 12.8 Å². The largest absolute Gasteiger partial charge is 0.353 e. The van der Waals surface area contributed by atoms with E-state index in [1.54, 1.807) is 6.20 Å². The van der Waals surface area contributed by atoms with Gasteiger partial charge in [0.1, 0.15) is 5.82 Å². The van der Waals surface area contributed by atoms with Crippen LogP contribution >= 0.6 is 0 Å². The molecule has 2 aliphatic heterocycles. The molecule has 1 aromatic heterocycles. The van der Waals surface area contributed by atoms with Crippen molar-refractivity contribution in [1.29, 1.82) is 0 Å². The van der Waals surface area contributed by atoms with E-state index in [0.717, 1.165) is 56.0 Å². The van der Waals surface area contributed by atoms with Gasteiger partial charge in [-0.15, -0.1) is 0 Å². The number of piperazine rings is 1. The standard InChI is InChI=1S/C23H28N4O2/c1-18-5-4-6-20(17-18)23(29)26-11-8-19(9-12-26)22(28)27-15-13-25(14-16-27)21-7-2-3-10-24-21/h2-7,10,17,19H,8-9,11-16H2,1H3. The molecule has 2 fully saturated rings. The molecule has 3 heterocycles. The summed E-state index contributed by atoms with van der Waals surface area (Å²) in [5.74, 6) is 1.32. The summed E-state index contributed by atoms with van der Waals surface area (Å²) in [4.78, 5) is 36.2. The number of amides is 2.